The van der Waals surface area contributed by atoms with Crippen molar-refractivity contribution in [3.63, 3.8) is 0 Å². The summed E-state index contributed by atoms with van der Waals surface area (Å²) in [4.78, 5) is 35.1. The lowest BCUT2D eigenvalue weighted by Crippen LogP contribution is -2.29. The number of esters is 2. The number of unbranched alkanes of at least 4 members (excludes halogenated alkanes) is 36. The summed E-state index contributed by atoms with van der Waals surface area (Å²) in [5, 5.41) is 0. The van der Waals surface area contributed by atoms with Gasteiger partial charge >= 0.3 is 19.8 Å². The van der Waals surface area contributed by atoms with E-state index in [2.05, 4.69) is 62.5 Å². The predicted molar refractivity (Wildman–Crippen MR) is 303 cm³/mol. The first-order chi connectivity index (χ1) is 34.8. The molecule has 0 aliphatic rings. The second-order valence-corrected chi connectivity index (χ2v) is 21.7. The molecule has 0 aromatic carbocycles. The molecule has 0 heterocycles. The van der Waals surface area contributed by atoms with Crippen molar-refractivity contribution in [3.8, 4) is 0 Å². The standard InChI is InChI=1S/C61H114NO8P/c1-3-5-7-9-11-13-15-17-18-19-20-21-22-23-24-25-26-27-28-29-30-31-32-33-34-35-36-37-38-39-40-42-44-46-48-50-52-54-61(64)70-59(58-69-71(65,66)68-56-55-62)57-67-60(63)53-51-49-47-45-43-41-16-14-12-10-8-6-4-2/h14-17,19-20,22-23,59H,3-13,18,21,24-58,62H2,1-2H3,(H,65,66)/b16-14-,17-15-,20-19-,23-22-. The van der Waals surface area contributed by atoms with Crippen molar-refractivity contribution in [3.05, 3.63) is 48.6 Å². The molecule has 0 saturated heterocycles. The van der Waals surface area contributed by atoms with E-state index < -0.39 is 26.5 Å². The van der Waals surface area contributed by atoms with Crippen LogP contribution in [-0.4, -0.2) is 49.3 Å². The number of ether oxygens (including phenoxy) is 2. The maximum absolute atomic E-state index is 12.7. The Hall–Kier alpha value is -2.03. The van der Waals surface area contributed by atoms with Gasteiger partial charge in [0, 0.05) is 19.4 Å². The number of carbonyl (C=O) groups is 2. The van der Waals surface area contributed by atoms with Gasteiger partial charge < -0.3 is 20.1 Å². The van der Waals surface area contributed by atoms with Gasteiger partial charge in [-0.3, -0.25) is 18.6 Å². The van der Waals surface area contributed by atoms with E-state index in [0.29, 0.717) is 6.42 Å². The lowest BCUT2D eigenvalue weighted by Gasteiger charge is -2.19. The van der Waals surface area contributed by atoms with Crippen molar-refractivity contribution in [1.29, 1.82) is 0 Å². The highest BCUT2D eigenvalue weighted by Gasteiger charge is 2.26. The van der Waals surface area contributed by atoms with Crippen LogP contribution in [0.4, 0.5) is 0 Å². The molecule has 3 N–H and O–H groups in total. The highest BCUT2D eigenvalue weighted by atomic mass is 31.2. The minimum Gasteiger partial charge on any atom is -0.462 e. The number of hydrogen-bond acceptors (Lipinski definition) is 8. The topological polar surface area (TPSA) is 134 Å². The van der Waals surface area contributed by atoms with Gasteiger partial charge in [-0.1, -0.05) is 255 Å². The van der Waals surface area contributed by atoms with E-state index in [1.54, 1.807) is 0 Å². The van der Waals surface area contributed by atoms with E-state index in [1.165, 1.54) is 199 Å². The van der Waals surface area contributed by atoms with Crippen LogP contribution in [0.1, 0.15) is 296 Å². The fourth-order valence-electron chi connectivity index (χ4n) is 8.70. The Balaban J connectivity index is 3.78. The summed E-state index contributed by atoms with van der Waals surface area (Å²) in [5.74, 6) is -0.827. The smallest absolute Gasteiger partial charge is 0.462 e. The molecular formula is C61H114NO8P. The molecule has 0 aliphatic carbocycles. The number of allylic oxidation sites excluding steroid dienone is 8. The number of phosphoric acid groups is 1. The molecule has 2 unspecified atom stereocenters. The van der Waals surface area contributed by atoms with Crippen LogP contribution in [0, 0.1) is 0 Å². The van der Waals surface area contributed by atoms with Gasteiger partial charge in [0.25, 0.3) is 0 Å². The van der Waals surface area contributed by atoms with Gasteiger partial charge in [-0.25, -0.2) is 4.57 Å². The summed E-state index contributed by atoms with van der Waals surface area (Å²) in [7, 11) is -4.38. The van der Waals surface area contributed by atoms with Crippen molar-refractivity contribution >= 4 is 19.8 Å². The van der Waals surface area contributed by atoms with Crippen LogP contribution in [0.5, 0.6) is 0 Å². The van der Waals surface area contributed by atoms with Gasteiger partial charge in [-0.2, -0.15) is 0 Å². The van der Waals surface area contributed by atoms with Crippen LogP contribution in [-0.2, 0) is 32.7 Å². The second-order valence-electron chi connectivity index (χ2n) is 20.2. The summed E-state index contributed by atoms with van der Waals surface area (Å²) in [6.45, 7) is 3.73. The molecule has 0 saturated carbocycles. The Morgan fingerprint density at radius 3 is 1.11 bits per heavy atom. The molecule has 0 aromatic heterocycles. The van der Waals surface area contributed by atoms with Gasteiger partial charge in [-0.05, 0) is 77.0 Å². The molecule has 9 nitrogen and oxygen atoms in total. The minimum absolute atomic E-state index is 0.0534. The molecule has 0 fully saturated rings. The predicted octanol–water partition coefficient (Wildman–Crippen LogP) is 19.0. The van der Waals surface area contributed by atoms with Gasteiger partial charge in [0.2, 0.25) is 0 Å². The number of rotatable bonds is 57. The SMILES string of the molecule is CCCCCC/C=C\CCCCCCCC(=O)OCC(COP(=O)(O)OCCN)OC(=O)CCCCCCCCCCCCCCCCCCCCCCCC/C=C\C/C=C\C/C=C\CCCCCCC. The summed E-state index contributed by atoms with van der Waals surface area (Å²) in [6.07, 6.45) is 70.5. The summed E-state index contributed by atoms with van der Waals surface area (Å²) < 4.78 is 33.0. The summed E-state index contributed by atoms with van der Waals surface area (Å²) in [6, 6.07) is 0. The van der Waals surface area contributed by atoms with Crippen molar-refractivity contribution in [2.45, 2.75) is 302 Å². The first kappa shape index (κ1) is 69.0. The molecule has 71 heavy (non-hydrogen) atoms. The maximum Gasteiger partial charge on any atom is 0.472 e. The molecule has 0 aromatic rings. The van der Waals surface area contributed by atoms with E-state index in [-0.39, 0.29) is 38.6 Å². The zero-order valence-corrected chi connectivity index (χ0v) is 47.4. The molecule has 10 heteroatoms. The Morgan fingerprint density at radius 1 is 0.423 bits per heavy atom. The van der Waals surface area contributed by atoms with E-state index in [4.69, 9.17) is 24.3 Å². The highest BCUT2D eigenvalue weighted by molar-refractivity contribution is 7.47. The third-order valence-corrected chi connectivity index (χ3v) is 14.2. The van der Waals surface area contributed by atoms with Crippen molar-refractivity contribution in [1.82, 2.24) is 0 Å². The fraction of sp³-hybridized carbons (Fsp3) is 0.836. The van der Waals surface area contributed by atoms with Crippen LogP contribution < -0.4 is 5.73 Å². The van der Waals surface area contributed by atoms with Gasteiger partial charge in [0.15, 0.2) is 6.10 Å². The molecule has 2 atom stereocenters. The van der Waals surface area contributed by atoms with E-state index in [1.807, 2.05) is 0 Å². The molecule has 0 spiro atoms. The van der Waals surface area contributed by atoms with Crippen LogP contribution >= 0.6 is 7.82 Å². The highest BCUT2D eigenvalue weighted by Crippen LogP contribution is 2.43. The van der Waals surface area contributed by atoms with Crippen molar-refractivity contribution in [2.75, 3.05) is 26.4 Å². The first-order valence-corrected chi connectivity index (χ1v) is 31.6. The van der Waals surface area contributed by atoms with Crippen LogP contribution in [0.2, 0.25) is 0 Å². The molecule has 0 radical (unpaired) electrons. The Labute approximate surface area is 438 Å². The quantitative estimate of drug-likeness (QED) is 0.0264. The molecule has 416 valence electrons. The second kappa shape index (κ2) is 57.3. The fourth-order valence-corrected chi connectivity index (χ4v) is 9.46. The summed E-state index contributed by atoms with van der Waals surface area (Å²) >= 11 is 0. The molecule has 0 rings (SSSR count). The third-order valence-electron chi connectivity index (χ3n) is 13.2. The zero-order valence-electron chi connectivity index (χ0n) is 46.5. The van der Waals surface area contributed by atoms with Crippen LogP contribution in [0.3, 0.4) is 0 Å². The zero-order chi connectivity index (χ0) is 51.7. The molecule has 0 aliphatic heterocycles. The van der Waals surface area contributed by atoms with Crippen molar-refractivity contribution < 1.29 is 37.6 Å². The molecular weight excluding hydrogens is 906 g/mol. The van der Waals surface area contributed by atoms with E-state index >= 15 is 0 Å². The summed E-state index contributed by atoms with van der Waals surface area (Å²) in [5.41, 5.74) is 5.37. The Kier molecular flexibility index (Phi) is 55.6. The van der Waals surface area contributed by atoms with Crippen LogP contribution in [0.15, 0.2) is 48.6 Å². The van der Waals surface area contributed by atoms with Crippen molar-refractivity contribution in [2.24, 2.45) is 5.73 Å². The molecule has 0 amide bonds. The lowest BCUT2D eigenvalue weighted by atomic mass is 10.0. The Morgan fingerprint density at radius 2 is 0.732 bits per heavy atom. The molecule has 0 bridgehead atoms. The Bertz CT molecular complexity index is 1300. The van der Waals surface area contributed by atoms with Gasteiger partial charge in [0.1, 0.15) is 6.61 Å². The average Bonchev–Trinajstić information content (AvgIpc) is 3.36. The van der Waals surface area contributed by atoms with Crippen LogP contribution in [0.25, 0.3) is 0 Å². The maximum atomic E-state index is 12.7. The largest absolute Gasteiger partial charge is 0.472 e. The number of nitrogens with two attached hydrogens (primary N) is 1. The number of carbonyl (C=O) groups excluding carboxylic acids is 2. The van der Waals surface area contributed by atoms with E-state index in [0.717, 1.165) is 64.2 Å². The number of hydrogen-bond donors (Lipinski definition) is 2. The van der Waals surface area contributed by atoms with E-state index in [9.17, 15) is 19.0 Å². The monoisotopic (exact) mass is 1020 g/mol. The number of phosphoric ester groups is 1. The lowest BCUT2D eigenvalue weighted by molar-refractivity contribution is -0.161. The normalized spacial score (nSPS) is 13.4. The average molecular weight is 1020 g/mol. The van der Waals surface area contributed by atoms with Gasteiger partial charge in [0.05, 0.1) is 13.2 Å². The van der Waals surface area contributed by atoms with Gasteiger partial charge in [-0.15, -0.1) is 0 Å². The first-order valence-electron chi connectivity index (χ1n) is 30.1. The third kappa shape index (κ3) is 57.1. The minimum atomic E-state index is -4.38.